The van der Waals surface area contributed by atoms with E-state index in [1.165, 1.54) is 12.1 Å². The predicted octanol–water partition coefficient (Wildman–Crippen LogP) is 2.17. The number of carbonyl (C=O) groups excluding carboxylic acids is 1. The summed E-state index contributed by atoms with van der Waals surface area (Å²) in [6, 6.07) is 13.4. The number of aliphatic hydroxyl groups excluding tert-OH is 1. The van der Waals surface area contributed by atoms with Crippen molar-refractivity contribution >= 4 is 16.8 Å². The second-order valence-electron chi connectivity index (χ2n) is 7.51. The predicted molar refractivity (Wildman–Crippen MR) is 123 cm³/mol. The number of aromatic hydroxyl groups is 1. The number of aromatic amines is 1. The first-order chi connectivity index (χ1) is 15.4. The Morgan fingerprint density at radius 3 is 2.59 bits per heavy atom. The van der Waals surface area contributed by atoms with Crippen LogP contribution in [0.5, 0.6) is 5.75 Å². The molecule has 1 atom stereocenters. The Bertz CT molecular complexity index is 1110. The second kappa shape index (κ2) is 10.9. The molecule has 0 fully saturated rings. The number of methoxy groups -OCH3 is 1. The van der Waals surface area contributed by atoms with Crippen molar-refractivity contribution in [3.05, 3.63) is 75.6 Å². The van der Waals surface area contributed by atoms with E-state index in [0.29, 0.717) is 48.3 Å². The van der Waals surface area contributed by atoms with Crippen LogP contribution in [0.2, 0.25) is 0 Å². The zero-order valence-corrected chi connectivity index (χ0v) is 18.3. The van der Waals surface area contributed by atoms with Crippen LogP contribution in [0.1, 0.15) is 34.5 Å². The van der Waals surface area contributed by atoms with E-state index in [-0.39, 0.29) is 23.8 Å². The third-order valence-corrected chi connectivity index (χ3v) is 5.37. The molecule has 8 nitrogen and oxygen atoms in total. The summed E-state index contributed by atoms with van der Waals surface area (Å²) in [4.78, 5) is 28.5. The molecule has 0 aliphatic heterocycles. The van der Waals surface area contributed by atoms with Crippen molar-refractivity contribution in [2.45, 2.75) is 19.6 Å². The third kappa shape index (κ3) is 5.53. The standard InChI is InChI=1S/C24H29N3O5/c1-3-27(12-13-32-2)24(31)17-6-4-16(5-7-17)14-25-15-21(29)18-8-10-20(28)23-19(18)9-11-22(30)26-23/h4-11,21,25,28-29H,3,12-15H2,1-2H3,(H,26,30). The molecule has 2 aromatic carbocycles. The van der Waals surface area contributed by atoms with Gasteiger partial charge in [-0.05, 0) is 42.3 Å². The number of nitrogens with zero attached hydrogens (tertiary/aromatic N) is 1. The molecule has 1 unspecified atom stereocenters. The van der Waals surface area contributed by atoms with Gasteiger partial charge in [0.25, 0.3) is 5.91 Å². The summed E-state index contributed by atoms with van der Waals surface area (Å²) < 4.78 is 5.06. The van der Waals surface area contributed by atoms with Gasteiger partial charge in [0.1, 0.15) is 5.75 Å². The van der Waals surface area contributed by atoms with Gasteiger partial charge in [-0.3, -0.25) is 9.59 Å². The first-order valence-electron chi connectivity index (χ1n) is 10.6. The number of hydrogen-bond acceptors (Lipinski definition) is 6. The average molecular weight is 440 g/mol. The maximum atomic E-state index is 12.6. The Hall–Kier alpha value is -3.20. The van der Waals surface area contributed by atoms with Gasteiger partial charge in [-0.15, -0.1) is 0 Å². The second-order valence-corrected chi connectivity index (χ2v) is 7.51. The molecule has 0 aliphatic rings. The number of ether oxygens (including phenoxy) is 1. The lowest BCUT2D eigenvalue weighted by Gasteiger charge is -2.20. The van der Waals surface area contributed by atoms with Crippen molar-refractivity contribution in [1.29, 1.82) is 0 Å². The number of benzene rings is 2. The van der Waals surface area contributed by atoms with Crippen LogP contribution in [0.4, 0.5) is 0 Å². The lowest BCUT2D eigenvalue weighted by atomic mass is 10.0. The SMILES string of the molecule is CCN(CCOC)C(=O)c1ccc(CNCC(O)c2ccc(O)c3[nH]c(=O)ccc23)cc1. The highest BCUT2D eigenvalue weighted by Gasteiger charge is 2.15. The van der Waals surface area contributed by atoms with Gasteiger partial charge < -0.3 is 30.2 Å². The van der Waals surface area contributed by atoms with Gasteiger partial charge in [0.2, 0.25) is 5.56 Å². The quantitative estimate of drug-likeness (QED) is 0.385. The smallest absolute Gasteiger partial charge is 0.253 e. The van der Waals surface area contributed by atoms with E-state index in [2.05, 4.69) is 10.3 Å². The molecule has 0 saturated carbocycles. The first kappa shape index (κ1) is 23.5. The van der Waals surface area contributed by atoms with Gasteiger partial charge in [-0.1, -0.05) is 18.2 Å². The van der Waals surface area contributed by atoms with Gasteiger partial charge in [-0.25, -0.2) is 0 Å². The van der Waals surface area contributed by atoms with Crippen molar-refractivity contribution in [1.82, 2.24) is 15.2 Å². The molecule has 0 bridgehead atoms. The average Bonchev–Trinajstić information content (AvgIpc) is 2.80. The number of nitrogens with one attached hydrogen (secondary N) is 2. The monoisotopic (exact) mass is 439 g/mol. The zero-order valence-electron chi connectivity index (χ0n) is 18.3. The van der Waals surface area contributed by atoms with E-state index in [4.69, 9.17) is 4.74 Å². The molecule has 0 radical (unpaired) electrons. The van der Waals surface area contributed by atoms with Crippen LogP contribution in [0.3, 0.4) is 0 Å². The van der Waals surface area contributed by atoms with Crippen molar-refractivity contribution in [2.75, 3.05) is 33.4 Å². The Morgan fingerprint density at radius 2 is 1.91 bits per heavy atom. The highest BCUT2D eigenvalue weighted by atomic mass is 16.5. The maximum absolute atomic E-state index is 12.6. The van der Waals surface area contributed by atoms with Gasteiger partial charge in [0.15, 0.2) is 0 Å². The molecule has 4 N–H and O–H groups in total. The van der Waals surface area contributed by atoms with E-state index in [1.54, 1.807) is 36.3 Å². The van der Waals surface area contributed by atoms with Crippen LogP contribution in [0.15, 0.2) is 53.3 Å². The van der Waals surface area contributed by atoms with Crippen LogP contribution in [-0.2, 0) is 11.3 Å². The number of pyridine rings is 1. The minimum atomic E-state index is -0.830. The number of hydrogen-bond donors (Lipinski definition) is 4. The van der Waals surface area contributed by atoms with E-state index in [1.807, 2.05) is 19.1 Å². The Kier molecular flexibility index (Phi) is 7.99. The molecule has 3 aromatic rings. The summed E-state index contributed by atoms with van der Waals surface area (Å²) in [5.41, 5.74) is 2.20. The number of amides is 1. The molecular weight excluding hydrogens is 410 g/mol. The van der Waals surface area contributed by atoms with Crippen LogP contribution in [0.25, 0.3) is 10.9 Å². The third-order valence-electron chi connectivity index (χ3n) is 5.37. The minimum absolute atomic E-state index is 0.0308. The number of H-pyrrole nitrogens is 1. The van der Waals surface area contributed by atoms with Gasteiger partial charge in [0.05, 0.1) is 18.2 Å². The summed E-state index contributed by atoms with van der Waals surface area (Å²) in [5.74, 6) is -0.0724. The number of aliphatic hydroxyl groups is 1. The first-order valence-corrected chi connectivity index (χ1v) is 10.6. The summed E-state index contributed by atoms with van der Waals surface area (Å²) >= 11 is 0. The lowest BCUT2D eigenvalue weighted by molar-refractivity contribution is 0.0706. The molecule has 32 heavy (non-hydrogen) atoms. The molecule has 8 heteroatoms. The topological polar surface area (TPSA) is 115 Å². The maximum Gasteiger partial charge on any atom is 0.253 e. The summed E-state index contributed by atoms with van der Waals surface area (Å²) in [7, 11) is 1.61. The fourth-order valence-corrected chi connectivity index (χ4v) is 3.57. The van der Waals surface area contributed by atoms with Gasteiger partial charge in [-0.2, -0.15) is 0 Å². The summed E-state index contributed by atoms with van der Waals surface area (Å²) in [5, 5.41) is 24.4. The number of aromatic nitrogens is 1. The van der Waals surface area contributed by atoms with E-state index in [0.717, 1.165) is 5.56 Å². The fraction of sp³-hybridized carbons (Fsp3) is 0.333. The minimum Gasteiger partial charge on any atom is -0.506 e. The number of carbonyl (C=O) groups is 1. The van der Waals surface area contributed by atoms with Gasteiger partial charge in [0, 0.05) is 50.3 Å². The molecule has 170 valence electrons. The molecular formula is C24H29N3O5. The van der Waals surface area contributed by atoms with Crippen LogP contribution in [0, 0.1) is 0 Å². The molecule has 1 heterocycles. The Balaban J connectivity index is 1.60. The normalized spacial score (nSPS) is 12.1. The van der Waals surface area contributed by atoms with E-state index < -0.39 is 6.10 Å². The fourth-order valence-electron chi connectivity index (χ4n) is 3.57. The van der Waals surface area contributed by atoms with Crippen molar-refractivity contribution in [3.8, 4) is 5.75 Å². The van der Waals surface area contributed by atoms with Crippen molar-refractivity contribution in [2.24, 2.45) is 0 Å². The molecule has 1 aromatic heterocycles. The van der Waals surface area contributed by atoms with Crippen LogP contribution >= 0.6 is 0 Å². The highest BCUT2D eigenvalue weighted by Crippen LogP contribution is 2.28. The zero-order chi connectivity index (χ0) is 23.1. The largest absolute Gasteiger partial charge is 0.506 e. The number of likely N-dealkylation sites (N-methyl/N-ethyl adjacent to an activating group) is 1. The summed E-state index contributed by atoms with van der Waals surface area (Å²) in [6.45, 7) is 4.39. The van der Waals surface area contributed by atoms with Gasteiger partial charge >= 0.3 is 0 Å². The Labute approximate surface area is 186 Å². The highest BCUT2D eigenvalue weighted by molar-refractivity contribution is 5.94. The van der Waals surface area contributed by atoms with Crippen molar-refractivity contribution in [3.63, 3.8) is 0 Å². The summed E-state index contributed by atoms with van der Waals surface area (Å²) in [6.07, 6.45) is -0.830. The lowest BCUT2D eigenvalue weighted by Crippen LogP contribution is -2.33. The van der Waals surface area contributed by atoms with Crippen molar-refractivity contribution < 1.29 is 19.7 Å². The van der Waals surface area contributed by atoms with E-state index in [9.17, 15) is 19.8 Å². The Morgan fingerprint density at radius 1 is 1.16 bits per heavy atom. The molecule has 0 aliphatic carbocycles. The number of phenols is 1. The number of rotatable bonds is 10. The van der Waals surface area contributed by atoms with Crippen LogP contribution < -0.4 is 10.9 Å². The molecule has 0 spiro atoms. The number of fused-ring (bicyclic) bond motifs is 1. The molecule has 1 amide bonds. The molecule has 0 saturated heterocycles. The molecule has 3 rings (SSSR count). The van der Waals surface area contributed by atoms with E-state index >= 15 is 0 Å². The number of phenolic OH excluding ortho intramolecular Hbond substituents is 1. The van der Waals surface area contributed by atoms with Crippen LogP contribution in [-0.4, -0.2) is 59.4 Å².